The molecule has 1 aromatic carbocycles. The predicted octanol–water partition coefficient (Wildman–Crippen LogP) is 1.60. The van der Waals surface area contributed by atoms with E-state index in [9.17, 15) is 4.79 Å². The molecule has 1 aromatic heterocycles. The molecule has 0 bridgehead atoms. The normalized spacial score (nSPS) is 10.6. The lowest BCUT2D eigenvalue weighted by atomic mass is 10.0. The van der Waals surface area contributed by atoms with E-state index in [2.05, 4.69) is 5.10 Å². The largest absolute Gasteiger partial charge is 0.469 e. The molecule has 0 atom stereocenters. The maximum absolute atomic E-state index is 11.5. The summed E-state index contributed by atoms with van der Waals surface area (Å²) in [6.45, 7) is 1.98. The molecule has 0 aliphatic carbocycles. The summed E-state index contributed by atoms with van der Waals surface area (Å²) in [5, 5.41) is 13.5. The van der Waals surface area contributed by atoms with Gasteiger partial charge in [-0.25, -0.2) is 0 Å². The van der Waals surface area contributed by atoms with Gasteiger partial charge in [0, 0.05) is 18.3 Å². The maximum atomic E-state index is 11.5. The van der Waals surface area contributed by atoms with Crippen LogP contribution in [0.2, 0.25) is 0 Å². The highest BCUT2D eigenvalue weighted by Gasteiger charge is 2.17. The lowest BCUT2D eigenvalue weighted by Gasteiger charge is -2.05. The minimum Gasteiger partial charge on any atom is -0.469 e. The summed E-state index contributed by atoms with van der Waals surface area (Å²) in [6, 6.07) is 7.58. The summed E-state index contributed by atoms with van der Waals surface area (Å²) >= 11 is 0. The zero-order chi connectivity index (χ0) is 14.7. The first-order valence-electron chi connectivity index (χ1n) is 6.36. The van der Waals surface area contributed by atoms with Gasteiger partial charge in [0.2, 0.25) is 0 Å². The first kappa shape index (κ1) is 14.3. The van der Waals surface area contributed by atoms with Gasteiger partial charge in [0.05, 0.1) is 25.8 Å². The number of aliphatic hydroxyl groups is 1. The van der Waals surface area contributed by atoms with E-state index in [0.717, 1.165) is 22.4 Å². The van der Waals surface area contributed by atoms with Crippen molar-refractivity contribution < 1.29 is 14.6 Å². The van der Waals surface area contributed by atoms with E-state index in [0.29, 0.717) is 5.69 Å². The Morgan fingerprint density at radius 1 is 1.35 bits per heavy atom. The Balaban J connectivity index is 2.45. The molecule has 2 aromatic rings. The number of hydrogen-bond donors (Lipinski definition) is 1. The average Bonchev–Trinajstić information content (AvgIpc) is 2.74. The van der Waals surface area contributed by atoms with Crippen LogP contribution in [0, 0.1) is 6.92 Å². The van der Waals surface area contributed by atoms with Crippen LogP contribution in [0.3, 0.4) is 0 Å². The second-order valence-corrected chi connectivity index (χ2v) is 4.64. The van der Waals surface area contributed by atoms with Gasteiger partial charge in [0.15, 0.2) is 0 Å². The number of esters is 1. The van der Waals surface area contributed by atoms with Gasteiger partial charge < -0.3 is 9.84 Å². The highest BCUT2D eigenvalue weighted by atomic mass is 16.5. The number of aromatic nitrogens is 2. The molecule has 5 nitrogen and oxygen atoms in total. The third kappa shape index (κ3) is 2.72. The molecule has 1 heterocycles. The Morgan fingerprint density at radius 2 is 2.00 bits per heavy atom. The number of nitrogens with zero attached hydrogens (tertiary/aromatic N) is 2. The highest BCUT2D eigenvalue weighted by molar-refractivity contribution is 5.77. The van der Waals surface area contributed by atoms with Crippen LogP contribution in [0.1, 0.15) is 17.0 Å². The smallest absolute Gasteiger partial charge is 0.311 e. The van der Waals surface area contributed by atoms with Gasteiger partial charge in [0.25, 0.3) is 0 Å². The van der Waals surface area contributed by atoms with E-state index in [1.165, 1.54) is 7.11 Å². The first-order valence-corrected chi connectivity index (χ1v) is 6.36. The van der Waals surface area contributed by atoms with Crippen LogP contribution in [-0.2, 0) is 29.6 Å². The van der Waals surface area contributed by atoms with Crippen molar-refractivity contribution in [2.75, 3.05) is 7.11 Å². The van der Waals surface area contributed by atoms with Crippen molar-refractivity contribution in [2.45, 2.75) is 20.0 Å². The Morgan fingerprint density at radius 3 is 2.55 bits per heavy atom. The average molecular weight is 274 g/mol. The molecule has 106 valence electrons. The third-order valence-corrected chi connectivity index (χ3v) is 3.37. The number of ether oxygens (including phenoxy) is 1. The summed E-state index contributed by atoms with van der Waals surface area (Å²) in [7, 11) is 3.22. The molecule has 0 aliphatic heterocycles. The second kappa shape index (κ2) is 5.88. The molecule has 0 saturated carbocycles. The Hall–Kier alpha value is -2.14. The van der Waals surface area contributed by atoms with Crippen molar-refractivity contribution in [1.82, 2.24) is 9.78 Å². The van der Waals surface area contributed by atoms with Gasteiger partial charge in [0.1, 0.15) is 0 Å². The zero-order valence-electron chi connectivity index (χ0n) is 11.9. The molecule has 0 amide bonds. The van der Waals surface area contributed by atoms with Crippen LogP contribution in [0.4, 0.5) is 0 Å². The molecular formula is C15H18N2O3. The van der Waals surface area contributed by atoms with E-state index in [-0.39, 0.29) is 19.0 Å². The van der Waals surface area contributed by atoms with Crippen LogP contribution in [0.15, 0.2) is 24.3 Å². The molecule has 0 unspecified atom stereocenters. The standard InChI is InChI=1S/C15H18N2O3/c1-10-15(12-6-4-11(9-18)5-7-12)13(16-17(10)2)8-14(19)20-3/h4-7,18H,8-9H2,1-3H3. The molecule has 0 aliphatic rings. The Bertz CT molecular complexity index is 615. The van der Waals surface area contributed by atoms with Crippen molar-refractivity contribution in [3.63, 3.8) is 0 Å². The molecular weight excluding hydrogens is 256 g/mol. The van der Waals surface area contributed by atoms with Gasteiger partial charge in [-0.3, -0.25) is 9.48 Å². The maximum Gasteiger partial charge on any atom is 0.311 e. The number of aryl methyl sites for hydroxylation is 1. The lowest BCUT2D eigenvalue weighted by molar-refractivity contribution is -0.139. The number of rotatable bonds is 4. The first-order chi connectivity index (χ1) is 9.56. The highest BCUT2D eigenvalue weighted by Crippen LogP contribution is 2.27. The van der Waals surface area contributed by atoms with Gasteiger partial charge in [-0.15, -0.1) is 0 Å². The number of carbonyl (C=O) groups is 1. The molecule has 0 fully saturated rings. The lowest BCUT2D eigenvalue weighted by Crippen LogP contribution is -2.06. The molecule has 0 saturated heterocycles. The van der Waals surface area contributed by atoms with Crippen molar-refractivity contribution >= 4 is 5.97 Å². The Kier molecular flexibility index (Phi) is 4.20. The van der Waals surface area contributed by atoms with Gasteiger partial charge in [-0.05, 0) is 18.1 Å². The summed E-state index contributed by atoms with van der Waals surface area (Å²) in [6.07, 6.45) is 0.148. The van der Waals surface area contributed by atoms with Crippen LogP contribution in [-0.4, -0.2) is 28.0 Å². The number of carbonyl (C=O) groups excluding carboxylic acids is 1. The molecule has 5 heteroatoms. The molecule has 2 rings (SSSR count). The number of benzene rings is 1. The number of aliphatic hydroxyl groups excluding tert-OH is 1. The van der Waals surface area contributed by atoms with E-state index in [1.54, 1.807) is 4.68 Å². The van der Waals surface area contributed by atoms with Crippen molar-refractivity contribution in [3.8, 4) is 11.1 Å². The summed E-state index contributed by atoms with van der Waals surface area (Å²) in [4.78, 5) is 11.5. The van der Waals surface area contributed by atoms with Crippen LogP contribution in [0.5, 0.6) is 0 Å². The quantitative estimate of drug-likeness (QED) is 0.860. The summed E-state index contributed by atoms with van der Waals surface area (Å²) in [5.41, 5.74) is 4.47. The van der Waals surface area contributed by atoms with Gasteiger partial charge >= 0.3 is 5.97 Å². The fourth-order valence-corrected chi connectivity index (χ4v) is 2.16. The number of hydrogen-bond acceptors (Lipinski definition) is 4. The van der Waals surface area contributed by atoms with Crippen LogP contribution in [0.25, 0.3) is 11.1 Å². The molecule has 20 heavy (non-hydrogen) atoms. The third-order valence-electron chi connectivity index (χ3n) is 3.37. The second-order valence-electron chi connectivity index (χ2n) is 4.64. The minimum absolute atomic E-state index is 0.0152. The van der Waals surface area contributed by atoms with E-state index in [4.69, 9.17) is 9.84 Å². The molecule has 0 spiro atoms. The van der Waals surface area contributed by atoms with E-state index in [1.807, 2.05) is 38.2 Å². The van der Waals surface area contributed by atoms with Gasteiger partial charge in [-0.1, -0.05) is 24.3 Å². The number of methoxy groups -OCH3 is 1. The SMILES string of the molecule is COC(=O)Cc1nn(C)c(C)c1-c1ccc(CO)cc1. The van der Waals surface area contributed by atoms with E-state index >= 15 is 0 Å². The van der Waals surface area contributed by atoms with Crippen LogP contribution < -0.4 is 0 Å². The predicted molar refractivity (Wildman–Crippen MR) is 75.0 cm³/mol. The van der Waals surface area contributed by atoms with Crippen molar-refractivity contribution in [1.29, 1.82) is 0 Å². The Labute approximate surface area is 117 Å². The topological polar surface area (TPSA) is 64.3 Å². The minimum atomic E-state index is -0.309. The van der Waals surface area contributed by atoms with Crippen molar-refractivity contribution in [3.05, 3.63) is 41.2 Å². The summed E-state index contributed by atoms with van der Waals surface area (Å²) in [5.74, 6) is -0.309. The van der Waals surface area contributed by atoms with Crippen LogP contribution >= 0.6 is 0 Å². The summed E-state index contributed by atoms with van der Waals surface area (Å²) < 4.78 is 6.47. The zero-order valence-corrected chi connectivity index (χ0v) is 11.9. The molecule has 1 N–H and O–H groups in total. The van der Waals surface area contributed by atoms with Crippen molar-refractivity contribution in [2.24, 2.45) is 7.05 Å². The fourth-order valence-electron chi connectivity index (χ4n) is 2.16. The fraction of sp³-hybridized carbons (Fsp3) is 0.333. The molecule has 0 radical (unpaired) electrons. The van der Waals surface area contributed by atoms with E-state index < -0.39 is 0 Å². The monoisotopic (exact) mass is 274 g/mol. The van der Waals surface area contributed by atoms with Gasteiger partial charge in [-0.2, -0.15) is 5.10 Å².